The van der Waals surface area contributed by atoms with Crippen LogP contribution in [0.2, 0.25) is 0 Å². The third kappa shape index (κ3) is 2.83. The van der Waals surface area contributed by atoms with Crippen molar-refractivity contribution in [2.45, 2.75) is 46.5 Å². The fraction of sp³-hybridized carbons (Fsp3) is 0.412. The minimum absolute atomic E-state index is 0.396. The molecule has 100 valence electrons. The number of hydrogen-bond acceptors (Lipinski definition) is 2. The lowest BCUT2D eigenvalue weighted by atomic mass is 9.99. The highest BCUT2D eigenvalue weighted by molar-refractivity contribution is 5.61. The van der Waals surface area contributed by atoms with Gasteiger partial charge in [0, 0.05) is 5.56 Å². The monoisotopic (exact) mass is 254 g/mol. The Kier molecular flexibility index (Phi) is 3.98. The molecular weight excluding hydrogens is 232 g/mol. The third-order valence-electron chi connectivity index (χ3n) is 3.27. The third-order valence-corrected chi connectivity index (χ3v) is 3.27. The van der Waals surface area contributed by atoms with Gasteiger partial charge in [-0.15, -0.1) is 0 Å². The molecule has 0 atom stereocenters. The smallest absolute Gasteiger partial charge is 0.0918 e. The maximum Gasteiger partial charge on any atom is 0.0918 e. The summed E-state index contributed by atoms with van der Waals surface area (Å²) in [7, 11) is 0. The second kappa shape index (κ2) is 5.52. The van der Waals surface area contributed by atoms with E-state index < -0.39 is 0 Å². The average molecular weight is 254 g/mol. The summed E-state index contributed by atoms with van der Waals surface area (Å²) in [5.41, 5.74) is 5.42. The molecule has 2 heteroatoms. The molecule has 2 aromatic rings. The summed E-state index contributed by atoms with van der Waals surface area (Å²) in [6.07, 6.45) is 0. The van der Waals surface area contributed by atoms with E-state index >= 15 is 0 Å². The van der Waals surface area contributed by atoms with Crippen LogP contribution in [0.1, 0.15) is 56.6 Å². The number of aryl methyl sites for hydroxylation is 1. The van der Waals surface area contributed by atoms with Crippen molar-refractivity contribution in [1.82, 2.24) is 9.97 Å². The molecule has 2 rings (SSSR count). The fourth-order valence-corrected chi connectivity index (χ4v) is 2.27. The van der Waals surface area contributed by atoms with Crippen molar-refractivity contribution < 1.29 is 0 Å². The first kappa shape index (κ1) is 13.7. The lowest BCUT2D eigenvalue weighted by molar-refractivity contribution is 0.722. The number of rotatable bonds is 3. The number of aromatic nitrogens is 2. The summed E-state index contributed by atoms with van der Waals surface area (Å²) in [5, 5.41) is 0. The minimum atomic E-state index is 0.396. The molecule has 0 fully saturated rings. The highest BCUT2D eigenvalue weighted by atomic mass is 14.9. The van der Waals surface area contributed by atoms with Crippen LogP contribution >= 0.6 is 0 Å². The van der Waals surface area contributed by atoms with Crippen LogP contribution < -0.4 is 0 Å². The van der Waals surface area contributed by atoms with E-state index in [2.05, 4.69) is 39.8 Å². The normalized spacial score (nSPS) is 11.3. The van der Waals surface area contributed by atoms with Gasteiger partial charge in [0.05, 0.1) is 22.8 Å². The molecule has 1 aromatic carbocycles. The van der Waals surface area contributed by atoms with Crippen molar-refractivity contribution >= 4 is 0 Å². The molecule has 0 amide bonds. The van der Waals surface area contributed by atoms with Gasteiger partial charge in [-0.2, -0.15) is 0 Å². The molecule has 0 saturated carbocycles. The molecule has 0 aliphatic rings. The Morgan fingerprint density at radius 2 is 1.32 bits per heavy atom. The Hall–Kier alpha value is -1.70. The van der Waals surface area contributed by atoms with Crippen LogP contribution in [0.15, 0.2) is 30.3 Å². The second-order valence-corrected chi connectivity index (χ2v) is 5.60. The van der Waals surface area contributed by atoms with Crippen molar-refractivity contribution in [2.24, 2.45) is 0 Å². The van der Waals surface area contributed by atoms with E-state index in [1.165, 1.54) is 0 Å². The van der Waals surface area contributed by atoms with Gasteiger partial charge in [-0.1, -0.05) is 58.0 Å². The summed E-state index contributed by atoms with van der Waals surface area (Å²) >= 11 is 0. The molecule has 0 aliphatic carbocycles. The Bertz CT molecular complexity index is 557. The van der Waals surface area contributed by atoms with Gasteiger partial charge in [-0.05, 0) is 18.8 Å². The van der Waals surface area contributed by atoms with Gasteiger partial charge in [0.2, 0.25) is 0 Å². The van der Waals surface area contributed by atoms with Crippen molar-refractivity contribution in [3.8, 4) is 11.3 Å². The zero-order valence-corrected chi connectivity index (χ0v) is 12.4. The summed E-state index contributed by atoms with van der Waals surface area (Å²) in [5.74, 6) is 0.807. The number of benzene rings is 1. The zero-order valence-electron chi connectivity index (χ0n) is 12.4. The lowest BCUT2D eigenvalue weighted by Gasteiger charge is -2.17. The summed E-state index contributed by atoms with van der Waals surface area (Å²) < 4.78 is 0. The van der Waals surface area contributed by atoms with Gasteiger partial charge in [0.1, 0.15) is 0 Å². The van der Waals surface area contributed by atoms with E-state index in [1.807, 2.05) is 25.1 Å². The minimum Gasteiger partial charge on any atom is -0.254 e. The highest BCUT2D eigenvalue weighted by Gasteiger charge is 2.17. The molecule has 1 aromatic heterocycles. The van der Waals surface area contributed by atoms with Gasteiger partial charge < -0.3 is 0 Å². The summed E-state index contributed by atoms with van der Waals surface area (Å²) in [6.45, 7) is 10.8. The first-order valence-electron chi connectivity index (χ1n) is 6.94. The molecule has 0 radical (unpaired) electrons. The molecule has 19 heavy (non-hydrogen) atoms. The van der Waals surface area contributed by atoms with Gasteiger partial charge in [-0.3, -0.25) is 4.98 Å². The fourth-order valence-electron chi connectivity index (χ4n) is 2.27. The van der Waals surface area contributed by atoms with Gasteiger partial charge in [0.25, 0.3) is 0 Å². The SMILES string of the molecule is Cc1nc(C(C)C)c(C(C)C)nc1-c1ccccc1. The molecule has 0 spiro atoms. The van der Waals surface area contributed by atoms with E-state index in [4.69, 9.17) is 9.97 Å². The molecule has 0 unspecified atom stereocenters. The standard InChI is InChI=1S/C17H22N2/c1-11(2)15-16(12(3)4)19-17(13(5)18-15)14-9-7-6-8-10-14/h6-12H,1-5H3. The highest BCUT2D eigenvalue weighted by Crippen LogP contribution is 2.28. The van der Waals surface area contributed by atoms with Gasteiger partial charge in [0.15, 0.2) is 0 Å². The van der Waals surface area contributed by atoms with Crippen LogP contribution in [0, 0.1) is 6.92 Å². The Labute approximate surface area is 115 Å². The van der Waals surface area contributed by atoms with Crippen molar-refractivity contribution in [3.63, 3.8) is 0 Å². The van der Waals surface area contributed by atoms with Crippen molar-refractivity contribution in [3.05, 3.63) is 47.4 Å². The maximum absolute atomic E-state index is 4.90. The van der Waals surface area contributed by atoms with E-state index in [1.54, 1.807) is 0 Å². The largest absolute Gasteiger partial charge is 0.254 e. The number of nitrogens with zero attached hydrogens (tertiary/aromatic N) is 2. The molecule has 2 nitrogen and oxygen atoms in total. The van der Waals surface area contributed by atoms with E-state index in [0.29, 0.717) is 11.8 Å². The predicted octanol–water partition coefficient (Wildman–Crippen LogP) is 4.70. The van der Waals surface area contributed by atoms with Gasteiger partial charge in [-0.25, -0.2) is 4.98 Å². The lowest BCUT2D eigenvalue weighted by Crippen LogP contribution is -2.08. The second-order valence-electron chi connectivity index (χ2n) is 5.60. The van der Waals surface area contributed by atoms with Crippen LogP contribution in [0.3, 0.4) is 0 Å². The van der Waals surface area contributed by atoms with Crippen molar-refractivity contribution in [1.29, 1.82) is 0 Å². The maximum atomic E-state index is 4.90. The van der Waals surface area contributed by atoms with E-state index in [0.717, 1.165) is 28.3 Å². The van der Waals surface area contributed by atoms with Crippen LogP contribution in [-0.2, 0) is 0 Å². The summed E-state index contributed by atoms with van der Waals surface area (Å²) in [6, 6.07) is 10.3. The Morgan fingerprint density at radius 1 is 0.789 bits per heavy atom. The Morgan fingerprint density at radius 3 is 1.84 bits per heavy atom. The van der Waals surface area contributed by atoms with E-state index in [9.17, 15) is 0 Å². The molecule has 0 bridgehead atoms. The van der Waals surface area contributed by atoms with Crippen LogP contribution in [0.5, 0.6) is 0 Å². The van der Waals surface area contributed by atoms with Gasteiger partial charge >= 0.3 is 0 Å². The summed E-state index contributed by atoms with van der Waals surface area (Å²) in [4.78, 5) is 9.71. The average Bonchev–Trinajstić information content (AvgIpc) is 2.39. The molecular formula is C17H22N2. The quantitative estimate of drug-likeness (QED) is 0.793. The predicted molar refractivity (Wildman–Crippen MR) is 80.4 cm³/mol. The Balaban J connectivity index is 2.62. The molecule has 0 aliphatic heterocycles. The molecule has 0 saturated heterocycles. The van der Waals surface area contributed by atoms with Crippen LogP contribution in [0.25, 0.3) is 11.3 Å². The first-order valence-corrected chi connectivity index (χ1v) is 6.94. The van der Waals surface area contributed by atoms with Crippen LogP contribution in [-0.4, -0.2) is 9.97 Å². The molecule has 0 N–H and O–H groups in total. The topological polar surface area (TPSA) is 25.8 Å². The zero-order chi connectivity index (χ0) is 14.0. The molecule has 1 heterocycles. The number of hydrogen-bond donors (Lipinski definition) is 0. The van der Waals surface area contributed by atoms with Crippen molar-refractivity contribution in [2.75, 3.05) is 0 Å². The first-order chi connectivity index (χ1) is 9.00. The van der Waals surface area contributed by atoms with Crippen LogP contribution in [0.4, 0.5) is 0 Å². The van der Waals surface area contributed by atoms with E-state index in [-0.39, 0.29) is 0 Å².